The van der Waals surface area contributed by atoms with Crippen molar-refractivity contribution < 1.29 is 4.42 Å². The highest BCUT2D eigenvalue weighted by Crippen LogP contribution is 2.45. The van der Waals surface area contributed by atoms with Crippen molar-refractivity contribution in [2.75, 3.05) is 4.90 Å². The largest absolute Gasteiger partial charge is 0.456 e. The van der Waals surface area contributed by atoms with E-state index in [1.807, 2.05) is 23.5 Å². The molecule has 43 heavy (non-hydrogen) atoms. The predicted octanol–water partition coefficient (Wildman–Crippen LogP) is 12.2. The van der Waals surface area contributed by atoms with E-state index in [-0.39, 0.29) is 0 Å². The Hall–Kier alpha value is -5.38. The molecule has 202 valence electrons. The van der Waals surface area contributed by atoms with Crippen molar-refractivity contribution in [1.82, 2.24) is 0 Å². The molecular weight excluding hydrogens is 543 g/mol. The van der Waals surface area contributed by atoms with Crippen molar-refractivity contribution in [1.29, 1.82) is 0 Å². The van der Waals surface area contributed by atoms with E-state index in [2.05, 4.69) is 144 Å². The van der Waals surface area contributed by atoms with Crippen LogP contribution in [0.5, 0.6) is 0 Å². The van der Waals surface area contributed by atoms with E-state index in [1.54, 1.807) is 0 Å². The van der Waals surface area contributed by atoms with Gasteiger partial charge in [-0.05, 0) is 64.9 Å². The monoisotopic (exact) mass is 567 g/mol. The average molecular weight is 568 g/mol. The maximum absolute atomic E-state index is 6.35. The fourth-order valence-corrected chi connectivity index (χ4v) is 7.61. The van der Waals surface area contributed by atoms with Gasteiger partial charge in [0.25, 0.3) is 0 Å². The number of fused-ring (bicyclic) bond motifs is 8. The Morgan fingerprint density at radius 2 is 1.16 bits per heavy atom. The highest BCUT2D eigenvalue weighted by molar-refractivity contribution is 7.26. The SMILES string of the molecule is c1ccc(-c2ccccc2N(c2ccc3c(ccc4sc5ccccc5c43)c2)c2ccc3c(c2)oc2ccccc23)cc1. The molecule has 0 spiro atoms. The molecule has 0 unspecified atom stereocenters. The number of nitrogens with zero attached hydrogens (tertiary/aromatic N) is 1. The van der Waals surface area contributed by atoms with Crippen LogP contribution in [0, 0.1) is 0 Å². The zero-order chi connectivity index (χ0) is 28.3. The van der Waals surface area contributed by atoms with E-state index in [0.717, 1.165) is 39.0 Å². The molecule has 3 heteroatoms. The van der Waals surface area contributed by atoms with Gasteiger partial charge in [0.15, 0.2) is 0 Å². The van der Waals surface area contributed by atoms with Crippen molar-refractivity contribution >= 4 is 81.3 Å². The van der Waals surface area contributed by atoms with Crippen LogP contribution in [-0.4, -0.2) is 0 Å². The average Bonchev–Trinajstić information content (AvgIpc) is 3.64. The lowest BCUT2D eigenvalue weighted by molar-refractivity contribution is 0.669. The van der Waals surface area contributed by atoms with Crippen LogP contribution in [0.1, 0.15) is 0 Å². The van der Waals surface area contributed by atoms with Gasteiger partial charge in [0, 0.05) is 53.9 Å². The number of hydrogen-bond acceptors (Lipinski definition) is 3. The first-order chi connectivity index (χ1) is 21.3. The second-order valence-corrected chi connectivity index (χ2v) is 12.0. The van der Waals surface area contributed by atoms with Gasteiger partial charge < -0.3 is 9.32 Å². The third-order valence-electron chi connectivity index (χ3n) is 8.45. The minimum Gasteiger partial charge on any atom is -0.456 e. The first kappa shape index (κ1) is 24.2. The normalized spacial score (nSPS) is 11.7. The van der Waals surface area contributed by atoms with Gasteiger partial charge in [0.2, 0.25) is 0 Å². The summed E-state index contributed by atoms with van der Waals surface area (Å²) in [6.45, 7) is 0. The highest BCUT2D eigenvalue weighted by Gasteiger charge is 2.20. The molecule has 0 bridgehead atoms. The molecule has 0 saturated heterocycles. The number of para-hydroxylation sites is 2. The molecule has 0 fully saturated rings. The van der Waals surface area contributed by atoms with Gasteiger partial charge in [0.1, 0.15) is 11.2 Å². The third-order valence-corrected chi connectivity index (χ3v) is 9.59. The molecule has 2 aromatic heterocycles. The predicted molar refractivity (Wildman–Crippen MR) is 184 cm³/mol. The summed E-state index contributed by atoms with van der Waals surface area (Å²) in [5, 5.41) is 7.43. The molecule has 0 aliphatic rings. The van der Waals surface area contributed by atoms with Crippen LogP contribution in [0.3, 0.4) is 0 Å². The molecule has 2 nitrogen and oxygen atoms in total. The highest BCUT2D eigenvalue weighted by atomic mass is 32.1. The molecule has 0 radical (unpaired) electrons. The minimum atomic E-state index is 0.883. The molecule has 9 rings (SSSR count). The quantitative estimate of drug-likeness (QED) is 0.210. The minimum absolute atomic E-state index is 0.883. The first-order valence-corrected chi connectivity index (χ1v) is 15.3. The van der Waals surface area contributed by atoms with Crippen molar-refractivity contribution in [3.8, 4) is 11.1 Å². The number of anilines is 3. The first-order valence-electron chi connectivity index (χ1n) is 14.5. The van der Waals surface area contributed by atoms with E-state index in [9.17, 15) is 0 Å². The maximum Gasteiger partial charge on any atom is 0.137 e. The van der Waals surface area contributed by atoms with Crippen molar-refractivity contribution in [2.45, 2.75) is 0 Å². The molecular formula is C40H25NOS. The van der Waals surface area contributed by atoms with Crippen LogP contribution in [0.4, 0.5) is 17.1 Å². The van der Waals surface area contributed by atoms with E-state index in [1.165, 1.54) is 42.1 Å². The summed E-state index contributed by atoms with van der Waals surface area (Å²) in [5.41, 5.74) is 7.41. The summed E-state index contributed by atoms with van der Waals surface area (Å²) in [7, 11) is 0. The number of rotatable bonds is 4. The van der Waals surface area contributed by atoms with Gasteiger partial charge in [0.05, 0.1) is 5.69 Å². The van der Waals surface area contributed by atoms with Gasteiger partial charge in [-0.25, -0.2) is 0 Å². The lowest BCUT2D eigenvalue weighted by atomic mass is 10.00. The summed E-state index contributed by atoms with van der Waals surface area (Å²) < 4.78 is 9.00. The lowest BCUT2D eigenvalue weighted by Gasteiger charge is -2.28. The Morgan fingerprint density at radius 1 is 0.465 bits per heavy atom. The Labute approximate surface area is 252 Å². The van der Waals surface area contributed by atoms with Crippen molar-refractivity contribution in [2.24, 2.45) is 0 Å². The zero-order valence-electron chi connectivity index (χ0n) is 23.2. The van der Waals surface area contributed by atoms with Crippen LogP contribution in [0.25, 0.3) is 64.0 Å². The zero-order valence-corrected chi connectivity index (χ0v) is 24.0. The van der Waals surface area contributed by atoms with Gasteiger partial charge in [-0.2, -0.15) is 0 Å². The fraction of sp³-hybridized carbons (Fsp3) is 0. The van der Waals surface area contributed by atoms with Crippen LogP contribution < -0.4 is 4.90 Å². The number of benzene rings is 7. The topological polar surface area (TPSA) is 16.4 Å². The van der Waals surface area contributed by atoms with Crippen LogP contribution in [0.15, 0.2) is 156 Å². The van der Waals surface area contributed by atoms with Gasteiger partial charge >= 0.3 is 0 Å². The Bertz CT molecular complexity index is 2470. The van der Waals surface area contributed by atoms with E-state index < -0.39 is 0 Å². The van der Waals surface area contributed by atoms with Crippen molar-refractivity contribution in [3.05, 3.63) is 152 Å². The summed E-state index contributed by atoms with van der Waals surface area (Å²) in [5.74, 6) is 0. The molecule has 9 aromatic rings. The molecule has 7 aromatic carbocycles. The van der Waals surface area contributed by atoms with Gasteiger partial charge in [-0.15, -0.1) is 11.3 Å². The van der Waals surface area contributed by atoms with Gasteiger partial charge in [-0.1, -0.05) is 97.1 Å². The van der Waals surface area contributed by atoms with E-state index in [0.29, 0.717) is 0 Å². The summed E-state index contributed by atoms with van der Waals surface area (Å²) in [6, 6.07) is 54.3. The number of thiophene rings is 1. The van der Waals surface area contributed by atoms with Crippen LogP contribution >= 0.6 is 11.3 Å². The van der Waals surface area contributed by atoms with Crippen LogP contribution in [-0.2, 0) is 0 Å². The maximum atomic E-state index is 6.35. The third kappa shape index (κ3) is 3.86. The summed E-state index contributed by atoms with van der Waals surface area (Å²) in [4.78, 5) is 2.37. The number of hydrogen-bond donors (Lipinski definition) is 0. The van der Waals surface area contributed by atoms with Crippen molar-refractivity contribution in [3.63, 3.8) is 0 Å². The van der Waals surface area contributed by atoms with Crippen LogP contribution in [0.2, 0.25) is 0 Å². The lowest BCUT2D eigenvalue weighted by Crippen LogP contribution is -2.11. The molecule has 0 saturated carbocycles. The molecule has 2 heterocycles. The summed E-state index contributed by atoms with van der Waals surface area (Å²) in [6.07, 6.45) is 0. The molecule has 0 N–H and O–H groups in total. The van der Waals surface area contributed by atoms with E-state index in [4.69, 9.17) is 4.42 Å². The molecule has 0 atom stereocenters. The second kappa shape index (κ2) is 9.59. The molecule has 0 amide bonds. The fourth-order valence-electron chi connectivity index (χ4n) is 6.49. The Balaban J connectivity index is 1.30. The number of furan rings is 1. The standard InChI is InChI=1S/C40H25NOS/c1-2-10-26(11-3-1)30-12-4-7-15-35(30)41(29-20-22-33-32-13-5-8-16-36(32)42-37(33)25-29)28-19-21-31-27(24-28)18-23-39-40(31)34-14-6-9-17-38(34)43-39/h1-25H. The Kier molecular flexibility index (Phi) is 5.40. The molecule has 0 aliphatic heterocycles. The molecule has 0 aliphatic carbocycles. The smallest absolute Gasteiger partial charge is 0.137 e. The van der Waals surface area contributed by atoms with E-state index >= 15 is 0 Å². The second-order valence-electron chi connectivity index (χ2n) is 10.9. The summed E-state index contributed by atoms with van der Waals surface area (Å²) >= 11 is 1.86. The Morgan fingerprint density at radius 3 is 2.07 bits per heavy atom. The van der Waals surface area contributed by atoms with Gasteiger partial charge in [-0.3, -0.25) is 0 Å².